The van der Waals surface area contributed by atoms with E-state index in [9.17, 15) is 35.5 Å². The highest BCUT2D eigenvalue weighted by molar-refractivity contribution is 6.31. The highest BCUT2D eigenvalue weighted by atomic mass is 35.5. The molecule has 4 nitrogen and oxygen atoms in total. The van der Waals surface area contributed by atoms with Gasteiger partial charge in [0.1, 0.15) is 11.4 Å². The van der Waals surface area contributed by atoms with Crippen LogP contribution in [0, 0.1) is 5.82 Å². The molecule has 0 fully saturated rings. The Morgan fingerprint density at radius 1 is 1.16 bits per heavy atom. The highest BCUT2D eigenvalue weighted by Gasteiger charge is 2.48. The summed E-state index contributed by atoms with van der Waals surface area (Å²) in [5.41, 5.74) is -5.84. The first-order valence-corrected chi connectivity index (χ1v) is 6.68. The van der Waals surface area contributed by atoms with Crippen LogP contribution in [-0.4, -0.2) is 15.7 Å². The molecule has 12 heteroatoms. The minimum atomic E-state index is -5.30. The molecule has 0 atom stereocenters. The average Bonchev–Trinajstić information content (AvgIpc) is 2.80. The van der Waals surface area contributed by atoms with E-state index in [0.717, 1.165) is 18.2 Å². The van der Waals surface area contributed by atoms with Crippen molar-refractivity contribution < 1.29 is 35.5 Å². The Morgan fingerprint density at radius 3 is 2.24 bits per heavy atom. The van der Waals surface area contributed by atoms with E-state index >= 15 is 0 Å². The van der Waals surface area contributed by atoms with Crippen LogP contribution in [-0.2, 0) is 19.4 Å². The van der Waals surface area contributed by atoms with Crippen LogP contribution in [0.4, 0.5) is 36.4 Å². The van der Waals surface area contributed by atoms with Gasteiger partial charge in [0.15, 0.2) is 11.4 Å². The predicted molar refractivity (Wildman–Crippen MR) is 72.6 cm³/mol. The van der Waals surface area contributed by atoms with Crippen molar-refractivity contribution in [2.45, 2.75) is 12.4 Å². The molecular formula is C13H7ClF7N3O. The van der Waals surface area contributed by atoms with Crippen molar-refractivity contribution in [2.24, 2.45) is 7.05 Å². The molecule has 0 radical (unpaired) electrons. The minimum absolute atomic E-state index is 0.0740. The Kier molecular flexibility index (Phi) is 4.73. The van der Waals surface area contributed by atoms with Crippen molar-refractivity contribution in [1.29, 1.82) is 0 Å². The maximum Gasteiger partial charge on any atom is 0.435 e. The van der Waals surface area contributed by atoms with Gasteiger partial charge in [-0.1, -0.05) is 11.6 Å². The van der Waals surface area contributed by atoms with Gasteiger partial charge in [-0.3, -0.25) is 9.48 Å². The van der Waals surface area contributed by atoms with Crippen molar-refractivity contribution in [2.75, 3.05) is 5.32 Å². The molecule has 0 aliphatic carbocycles. The molecule has 0 saturated heterocycles. The molecule has 136 valence electrons. The van der Waals surface area contributed by atoms with Crippen molar-refractivity contribution in [3.05, 3.63) is 46.0 Å². The number of hydrogen-bond acceptors (Lipinski definition) is 2. The molecule has 0 aliphatic heterocycles. The highest BCUT2D eigenvalue weighted by Crippen LogP contribution is 2.39. The van der Waals surface area contributed by atoms with E-state index in [1.54, 1.807) is 0 Å². The fraction of sp³-hybridized carbons (Fsp3) is 0.231. The minimum Gasteiger partial charge on any atom is -0.322 e. The molecule has 0 aliphatic rings. The monoisotopic (exact) mass is 389 g/mol. The summed E-state index contributed by atoms with van der Waals surface area (Å²) in [6.07, 6.45) is -10.6. The number of hydrogen-bond donors (Lipinski definition) is 1. The van der Waals surface area contributed by atoms with E-state index in [-0.39, 0.29) is 10.4 Å². The Hall–Kier alpha value is -2.30. The summed E-state index contributed by atoms with van der Waals surface area (Å²) in [7, 11) is 0.629. The van der Waals surface area contributed by atoms with Gasteiger partial charge in [0.2, 0.25) is 0 Å². The number of aromatic nitrogens is 2. The maximum absolute atomic E-state index is 13.0. The lowest BCUT2D eigenvalue weighted by Crippen LogP contribution is -2.22. The molecule has 1 N–H and O–H groups in total. The number of nitrogens with zero attached hydrogens (tertiary/aromatic N) is 2. The molecule has 1 aromatic heterocycles. The van der Waals surface area contributed by atoms with Gasteiger partial charge >= 0.3 is 12.4 Å². The second-order valence-electron chi connectivity index (χ2n) is 4.77. The van der Waals surface area contributed by atoms with E-state index in [2.05, 4.69) is 5.10 Å². The fourth-order valence-electron chi connectivity index (χ4n) is 2.03. The number of benzene rings is 1. The number of rotatable bonds is 2. The van der Waals surface area contributed by atoms with Gasteiger partial charge in [0.25, 0.3) is 5.91 Å². The molecule has 0 bridgehead atoms. The number of halogens is 8. The molecule has 1 aromatic carbocycles. The van der Waals surface area contributed by atoms with E-state index in [4.69, 9.17) is 11.6 Å². The van der Waals surface area contributed by atoms with Crippen molar-refractivity contribution >= 4 is 23.2 Å². The van der Waals surface area contributed by atoms with E-state index in [1.165, 1.54) is 0 Å². The third-order valence-electron chi connectivity index (χ3n) is 2.99. The van der Waals surface area contributed by atoms with Gasteiger partial charge in [-0.15, -0.1) is 0 Å². The summed E-state index contributed by atoms with van der Waals surface area (Å²) in [6.45, 7) is 0. The number of aryl methyl sites for hydroxylation is 1. The Morgan fingerprint density at radius 2 is 1.76 bits per heavy atom. The largest absolute Gasteiger partial charge is 0.435 e. The first-order valence-electron chi connectivity index (χ1n) is 6.30. The molecule has 0 spiro atoms. The van der Waals surface area contributed by atoms with Gasteiger partial charge in [-0.25, -0.2) is 4.39 Å². The van der Waals surface area contributed by atoms with Gasteiger partial charge in [0, 0.05) is 12.7 Å². The van der Waals surface area contributed by atoms with Crippen LogP contribution in [0.3, 0.4) is 0 Å². The molecule has 1 heterocycles. The average molecular weight is 390 g/mol. The topological polar surface area (TPSA) is 46.9 Å². The van der Waals surface area contributed by atoms with Gasteiger partial charge in [0.05, 0.1) is 5.02 Å². The van der Waals surface area contributed by atoms with Crippen LogP contribution in [0.25, 0.3) is 0 Å². The standard InChI is InChI=1S/C13H7ClF7N3O/c1-24-10(13(19,20)21)8(9(23-24)12(16,17)18)11(25)22-5-2-3-7(15)6(14)4-5/h2-4H,1H3,(H,22,25). The molecule has 0 unspecified atom stereocenters. The molecule has 1 amide bonds. The number of alkyl halides is 6. The van der Waals surface area contributed by atoms with Gasteiger partial charge in [-0.05, 0) is 18.2 Å². The van der Waals surface area contributed by atoms with Crippen LogP contribution < -0.4 is 5.32 Å². The zero-order valence-corrected chi connectivity index (χ0v) is 12.8. The second-order valence-corrected chi connectivity index (χ2v) is 5.18. The molecule has 25 heavy (non-hydrogen) atoms. The number of carbonyl (C=O) groups is 1. The lowest BCUT2D eigenvalue weighted by molar-refractivity contribution is -0.144. The Balaban J connectivity index is 2.55. The fourth-order valence-corrected chi connectivity index (χ4v) is 2.21. The Bertz CT molecular complexity index is 826. The normalized spacial score (nSPS) is 12.4. The number of anilines is 1. The third-order valence-corrected chi connectivity index (χ3v) is 3.28. The number of carbonyl (C=O) groups excluding carboxylic acids is 1. The second kappa shape index (κ2) is 6.21. The summed E-state index contributed by atoms with van der Waals surface area (Å²) < 4.78 is 91.0. The number of nitrogens with one attached hydrogen (secondary N) is 1. The molecular weight excluding hydrogens is 383 g/mol. The van der Waals surface area contributed by atoms with E-state index in [1.807, 2.05) is 5.32 Å². The third kappa shape index (κ3) is 3.86. The summed E-state index contributed by atoms with van der Waals surface area (Å²) >= 11 is 5.45. The lowest BCUT2D eigenvalue weighted by atomic mass is 10.1. The van der Waals surface area contributed by atoms with Crippen LogP contribution in [0.15, 0.2) is 18.2 Å². The molecule has 2 aromatic rings. The van der Waals surface area contributed by atoms with Crippen LogP contribution in [0.2, 0.25) is 5.02 Å². The quantitative estimate of drug-likeness (QED) is 0.769. The predicted octanol–water partition coefficient (Wildman–Crippen LogP) is 4.50. The summed E-state index contributed by atoms with van der Waals surface area (Å²) in [4.78, 5) is 12.1. The van der Waals surface area contributed by atoms with Crippen LogP contribution in [0.5, 0.6) is 0 Å². The molecule has 2 rings (SSSR count). The molecule has 0 saturated carbocycles. The van der Waals surface area contributed by atoms with Crippen molar-refractivity contribution in [3.8, 4) is 0 Å². The van der Waals surface area contributed by atoms with Gasteiger partial charge in [-0.2, -0.15) is 31.4 Å². The summed E-state index contributed by atoms with van der Waals surface area (Å²) in [5.74, 6) is -2.59. The SMILES string of the molecule is Cn1nc(C(F)(F)F)c(C(=O)Nc2ccc(F)c(Cl)c2)c1C(F)(F)F. The van der Waals surface area contributed by atoms with Crippen LogP contribution >= 0.6 is 11.6 Å². The van der Waals surface area contributed by atoms with Crippen molar-refractivity contribution in [1.82, 2.24) is 9.78 Å². The van der Waals surface area contributed by atoms with Crippen LogP contribution in [0.1, 0.15) is 21.7 Å². The summed E-state index contributed by atoms with van der Waals surface area (Å²) in [6, 6.07) is 2.55. The zero-order chi connectivity index (χ0) is 19.2. The van der Waals surface area contributed by atoms with Crippen molar-refractivity contribution in [3.63, 3.8) is 0 Å². The number of amides is 1. The smallest absolute Gasteiger partial charge is 0.322 e. The first-order chi connectivity index (χ1) is 11.3. The van der Waals surface area contributed by atoms with Gasteiger partial charge < -0.3 is 5.32 Å². The first kappa shape index (κ1) is 19.0. The lowest BCUT2D eigenvalue weighted by Gasteiger charge is -2.12. The summed E-state index contributed by atoms with van der Waals surface area (Å²) in [5, 5.41) is 4.11. The Labute approximate surface area is 140 Å². The van der Waals surface area contributed by atoms with E-state index < -0.39 is 46.1 Å². The maximum atomic E-state index is 13.0. The van der Waals surface area contributed by atoms with E-state index in [0.29, 0.717) is 7.05 Å². The zero-order valence-electron chi connectivity index (χ0n) is 12.1.